The normalized spacial score (nSPS) is 18.5. The van der Waals surface area contributed by atoms with E-state index in [9.17, 15) is 9.59 Å². The molecule has 2 aliphatic rings. The molecule has 5 heteroatoms. The first kappa shape index (κ1) is 20.6. The molecule has 158 valence electrons. The van der Waals surface area contributed by atoms with Crippen LogP contribution in [-0.4, -0.2) is 54.8 Å². The zero-order valence-corrected chi connectivity index (χ0v) is 17.7. The van der Waals surface area contributed by atoms with Crippen LogP contribution in [0.2, 0.25) is 0 Å². The molecule has 2 aromatic carbocycles. The van der Waals surface area contributed by atoms with Gasteiger partial charge >= 0.3 is 0 Å². The van der Waals surface area contributed by atoms with E-state index in [2.05, 4.69) is 17.4 Å². The molecule has 1 N–H and O–H groups in total. The molecule has 2 heterocycles. The third kappa shape index (κ3) is 4.41. The molecular formula is C25H31N3O2. The Kier molecular flexibility index (Phi) is 6.18. The molecule has 0 aliphatic carbocycles. The van der Waals surface area contributed by atoms with Gasteiger partial charge in [-0.25, -0.2) is 0 Å². The molecule has 2 fully saturated rings. The van der Waals surface area contributed by atoms with E-state index >= 15 is 0 Å². The third-order valence-corrected chi connectivity index (χ3v) is 6.54. The molecule has 0 radical (unpaired) electrons. The average molecular weight is 406 g/mol. The fraction of sp³-hybridized carbons (Fsp3) is 0.440. The molecule has 4 rings (SSSR count). The maximum Gasteiger partial charge on any atom is 0.231 e. The van der Waals surface area contributed by atoms with Crippen molar-refractivity contribution in [1.29, 1.82) is 0 Å². The van der Waals surface area contributed by atoms with E-state index in [0.29, 0.717) is 19.6 Å². The van der Waals surface area contributed by atoms with Gasteiger partial charge in [-0.2, -0.15) is 0 Å². The van der Waals surface area contributed by atoms with Gasteiger partial charge in [-0.1, -0.05) is 60.7 Å². The van der Waals surface area contributed by atoms with Crippen LogP contribution in [0.25, 0.3) is 0 Å². The van der Waals surface area contributed by atoms with Crippen molar-refractivity contribution in [1.82, 2.24) is 15.1 Å². The van der Waals surface area contributed by atoms with Crippen LogP contribution < -0.4 is 5.32 Å². The molecule has 2 aromatic rings. The van der Waals surface area contributed by atoms with Crippen molar-refractivity contribution in [3.63, 3.8) is 0 Å². The van der Waals surface area contributed by atoms with Crippen molar-refractivity contribution in [3.8, 4) is 0 Å². The topological polar surface area (TPSA) is 52.7 Å². The van der Waals surface area contributed by atoms with Gasteiger partial charge in [0.2, 0.25) is 11.8 Å². The molecule has 2 saturated heterocycles. The van der Waals surface area contributed by atoms with Crippen LogP contribution in [0.15, 0.2) is 60.7 Å². The molecule has 2 amide bonds. The lowest BCUT2D eigenvalue weighted by atomic mass is 9.74. The Bertz CT molecular complexity index is 856. The molecule has 0 unspecified atom stereocenters. The van der Waals surface area contributed by atoms with Gasteiger partial charge in [-0.05, 0) is 30.4 Å². The first-order chi connectivity index (χ1) is 14.6. The zero-order valence-electron chi connectivity index (χ0n) is 17.7. The minimum Gasteiger partial charge on any atom is -0.342 e. The lowest BCUT2D eigenvalue weighted by Crippen LogP contribution is -2.64. The second kappa shape index (κ2) is 9.00. The Labute approximate surface area is 179 Å². The average Bonchev–Trinajstić information content (AvgIpc) is 2.77. The molecular weight excluding hydrogens is 374 g/mol. The number of nitrogens with one attached hydrogen (secondary N) is 1. The Morgan fingerprint density at radius 3 is 2.07 bits per heavy atom. The maximum atomic E-state index is 13.3. The number of hydrogen-bond donors (Lipinski definition) is 1. The van der Waals surface area contributed by atoms with Crippen molar-refractivity contribution in [2.24, 2.45) is 11.3 Å². The van der Waals surface area contributed by atoms with E-state index in [1.165, 1.54) is 5.56 Å². The number of rotatable bonds is 6. The van der Waals surface area contributed by atoms with Gasteiger partial charge in [-0.15, -0.1) is 0 Å². The number of benzene rings is 2. The molecule has 0 saturated carbocycles. The number of piperidine rings is 1. The number of carbonyl (C=O) groups is 2. The van der Waals surface area contributed by atoms with Crippen LogP contribution in [-0.2, 0) is 22.6 Å². The molecule has 0 bridgehead atoms. The quantitative estimate of drug-likeness (QED) is 0.804. The predicted molar refractivity (Wildman–Crippen MR) is 118 cm³/mol. The highest BCUT2D eigenvalue weighted by atomic mass is 16.2. The van der Waals surface area contributed by atoms with Crippen LogP contribution in [0.1, 0.15) is 24.0 Å². The number of nitrogens with zero attached hydrogens (tertiary/aromatic N) is 2. The number of hydrogen-bond acceptors (Lipinski definition) is 3. The summed E-state index contributed by atoms with van der Waals surface area (Å²) in [5.41, 5.74) is 2.02. The monoisotopic (exact) mass is 405 g/mol. The molecule has 0 spiro atoms. The summed E-state index contributed by atoms with van der Waals surface area (Å²) in [5, 5.41) is 3.30. The third-order valence-electron chi connectivity index (χ3n) is 6.54. The van der Waals surface area contributed by atoms with Crippen molar-refractivity contribution in [2.45, 2.75) is 25.8 Å². The highest BCUT2D eigenvalue weighted by molar-refractivity contribution is 5.85. The van der Waals surface area contributed by atoms with Crippen molar-refractivity contribution in [3.05, 3.63) is 71.8 Å². The minimum atomic E-state index is -0.331. The second-order valence-electron chi connectivity index (χ2n) is 8.79. The largest absolute Gasteiger partial charge is 0.342 e. The fourth-order valence-corrected chi connectivity index (χ4v) is 4.68. The standard InChI is InChI=1S/C25H31N3O2/c1-27(17-21-10-6-3-7-11-21)23(29)22-12-14-28(15-13-22)24(30)25(18-26-19-25)16-20-8-4-2-5-9-20/h2-11,22,26H,12-19H2,1H3. The van der Waals surface area contributed by atoms with Crippen molar-refractivity contribution < 1.29 is 9.59 Å². The first-order valence-electron chi connectivity index (χ1n) is 10.9. The summed E-state index contributed by atoms with van der Waals surface area (Å²) in [6.07, 6.45) is 2.27. The lowest BCUT2D eigenvalue weighted by Gasteiger charge is -2.46. The summed E-state index contributed by atoms with van der Waals surface area (Å²) in [5.74, 6) is 0.441. The number of likely N-dealkylation sites (tertiary alicyclic amines) is 1. The Hall–Kier alpha value is -2.66. The zero-order chi connectivity index (χ0) is 21.0. The van der Waals surface area contributed by atoms with Gasteiger partial charge in [0.15, 0.2) is 0 Å². The summed E-state index contributed by atoms with van der Waals surface area (Å²) in [6, 6.07) is 20.3. The van der Waals surface area contributed by atoms with Crippen molar-refractivity contribution in [2.75, 3.05) is 33.2 Å². The number of amides is 2. The maximum absolute atomic E-state index is 13.3. The number of carbonyl (C=O) groups excluding carboxylic acids is 2. The van der Waals surface area contributed by atoms with Crippen LogP contribution >= 0.6 is 0 Å². The molecule has 30 heavy (non-hydrogen) atoms. The molecule has 2 aliphatic heterocycles. The molecule has 0 aromatic heterocycles. The minimum absolute atomic E-state index is 0.00681. The van der Waals surface area contributed by atoms with Gasteiger partial charge < -0.3 is 15.1 Å². The van der Waals surface area contributed by atoms with E-state index in [4.69, 9.17) is 0 Å². The van der Waals surface area contributed by atoms with Gasteiger partial charge in [0, 0.05) is 45.7 Å². The van der Waals surface area contributed by atoms with Gasteiger partial charge in [0.05, 0.1) is 5.41 Å². The summed E-state index contributed by atoms with van der Waals surface area (Å²) < 4.78 is 0. The van der Waals surface area contributed by atoms with Crippen LogP contribution in [0.3, 0.4) is 0 Å². The summed E-state index contributed by atoms with van der Waals surface area (Å²) in [7, 11) is 1.88. The van der Waals surface area contributed by atoms with E-state index < -0.39 is 0 Å². The van der Waals surface area contributed by atoms with E-state index in [1.54, 1.807) is 0 Å². The van der Waals surface area contributed by atoms with E-state index in [1.807, 2.05) is 65.4 Å². The van der Waals surface area contributed by atoms with Crippen molar-refractivity contribution >= 4 is 11.8 Å². The van der Waals surface area contributed by atoms with Gasteiger partial charge in [0.25, 0.3) is 0 Å². The van der Waals surface area contributed by atoms with Crippen LogP contribution in [0.5, 0.6) is 0 Å². The van der Waals surface area contributed by atoms with E-state index in [-0.39, 0.29) is 23.1 Å². The summed E-state index contributed by atoms with van der Waals surface area (Å²) >= 11 is 0. The highest BCUT2D eigenvalue weighted by Gasteiger charge is 2.47. The predicted octanol–water partition coefficient (Wildman–Crippen LogP) is 2.72. The SMILES string of the molecule is CN(Cc1ccccc1)C(=O)C1CCN(C(=O)C2(Cc3ccccc3)CNC2)CC1. The molecule has 0 atom stereocenters. The smallest absolute Gasteiger partial charge is 0.231 e. The Morgan fingerprint density at radius 2 is 1.53 bits per heavy atom. The fourth-order valence-electron chi connectivity index (χ4n) is 4.68. The Balaban J connectivity index is 1.32. The lowest BCUT2D eigenvalue weighted by molar-refractivity contribution is -0.149. The molecule has 5 nitrogen and oxygen atoms in total. The summed E-state index contributed by atoms with van der Waals surface area (Å²) in [4.78, 5) is 30.1. The van der Waals surface area contributed by atoms with Gasteiger partial charge in [-0.3, -0.25) is 9.59 Å². The van der Waals surface area contributed by atoms with E-state index in [0.717, 1.165) is 37.9 Å². The van der Waals surface area contributed by atoms with Crippen LogP contribution in [0.4, 0.5) is 0 Å². The highest BCUT2D eigenvalue weighted by Crippen LogP contribution is 2.32. The van der Waals surface area contributed by atoms with Gasteiger partial charge in [0.1, 0.15) is 0 Å². The Morgan fingerprint density at radius 1 is 0.967 bits per heavy atom. The summed E-state index contributed by atoms with van der Waals surface area (Å²) in [6.45, 7) is 3.44. The first-order valence-corrected chi connectivity index (χ1v) is 10.9. The second-order valence-corrected chi connectivity index (χ2v) is 8.79. The van der Waals surface area contributed by atoms with Crippen LogP contribution in [0, 0.1) is 11.3 Å².